The first-order valence-electron chi connectivity index (χ1n) is 5.89. The van der Waals surface area contributed by atoms with E-state index in [9.17, 15) is 0 Å². The zero-order valence-electron chi connectivity index (χ0n) is 10.7. The van der Waals surface area contributed by atoms with Crippen molar-refractivity contribution in [1.29, 1.82) is 0 Å². The molecular formula is C13H16ClN5. The number of nitrogens with zero attached hydrogens (tertiary/aromatic N) is 3. The molecule has 2 heterocycles. The van der Waals surface area contributed by atoms with Gasteiger partial charge in [0.05, 0.1) is 16.4 Å². The van der Waals surface area contributed by atoms with E-state index in [0.717, 1.165) is 17.9 Å². The van der Waals surface area contributed by atoms with Crippen molar-refractivity contribution < 1.29 is 0 Å². The average molecular weight is 278 g/mol. The highest BCUT2D eigenvalue weighted by Gasteiger charge is 2.08. The van der Waals surface area contributed by atoms with Gasteiger partial charge in [-0.2, -0.15) is 0 Å². The number of aromatic nitrogens is 2. The molecule has 0 unspecified atom stereocenters. The third-order valence-corrected chi connectivity index (χ3v) is 2.99. The number of hydrogen-bond donors (Lipinski definition) is 2. The van der Waals surface area contributed by atoms with Gasteiger partial charge in [-0.3, -0.25) is 9.88 Å². The molecule has 5 nitrogen and oxygen atoms in total. The molecule has 19 heavy (non-hydrogen) atoms. The minimum absolute atomic E-state index is 0.602. The number of hydrogen-bond acceptors (Lipinski definition) is 5. The van der Waals surface area contributed by atoms with Crippen molar-refractivity contribution in [3.05, 3.63) is 52.9 Å². The Kier molecular flexibility index (Phi) is 4.68. The lowest BCUT2D eigenvalue weighted by atomic mass is 10.3. The van der Waals surface area contributed by atoms with E-state index in [-0.39, 0.29) is 0 Å². The van der Waals surface area contributed by atoms with E-state index in [2.05, 4.69) is 20.3 Å². The smallest absolute Gasteiger partial charge is 0.140 e. The maximum absolute atomic E-state index is 6.13. The summed E-state index contributed by atoms with van der Waals surface area (Å²) in [5.41, 5.74) is 4.31. The number of anilines is 1. The predicted octanol–water partition coefficient (Wildman–Crippen LogP) is 2.05. The van der Waals surface area contributed by atoms with Gasteiger partial charge in [-0.15, -0.1) is 0 Å². The van der Waals surface area contributed by atoms with Crippen LogP contribution < -0.4 is 11.3 Å². The second kappa shape index (κ2) is 6.47. The van der Waals surface area contributed by atoms with Gasteiger partial charge in [-0.1, -0.05) is 17.7 Å². The van der Waals surface area contributed by atoms with Gasteiger partial charge in [-0.25, -0.2) is 10.8 Å². The second-order valence-electron chi connectivity index (χ2n) is 4.26. The number of hydrazine groups is 1. The minimum atomic E-state index is 0.602. The lowest BCUT2D eigenvalue weighted by Gasteiger charge is -2.16. The SMILES string of the molecule is CN(Cc1ccccn1)Cc1nc(NN)ccc1Cl. The molecule has 6 heteroatoms. The molecular weight excluding hydrogens is 262 g/mol. The minimum Gasteiger partial charge on any atom is -0.308 e. The Morgan fingerprint density at radius 1 is 1.26 bits per heavy atom. The summed E-state index contributed by atoms with van der Waals surface area (Å²) in [5, 5.41) is 0.631. The highest BCUT2D eigenvalue weighted by molar-refractivity contribution is 6.31. The Bertz CT molecular complexity index is 532. The molecule has 0 bridgehead atoms. The van der Waals surface area contributed by atoms with E-state index in [1.807, 2.05) is 25.2 Å². The third kappa shape index (κ3) is 3.89. The summed E-state index contributed by atoms with van der Waals surface area (Å²) in [7, 11) is 2.00. The van der Waals surface area contributed by atoms with Crippen LogP contribution in [-0.2, 0) is 13.1 Å². The Morgan fingerprint density at radius 3 is 2.79 bits per heavy atom. The molecule has 0 aromatic carbocycles. The van der Waals surface area contributed by atoms with Gasteiger partial charge in [0.1, 0.15) is 5.82 Å². The van der Waals surface area contributed by atoms with Crippen LogP contribution in [0.2, 0.25) is 5.02 Å². The summed E-state index contributed by atoms with van der Waals surface area (Å²) in [6.07, 6.45) is 1.79. The highest BCUT2D eigenvalue weighted by Crippen LogP contribution is 2.18. The molecule has 0 spiro atoms. The van der Waals surface area contributed by atoms with Crippen LogP contribution in [0.5, 0.6) is 0 Å². The molecule has 0 aliphatic carbocycles. The number of nitrogens with two attached hydrogens (primary N) is 1. The molecule has 100 valence electrons. The van der Waals surface area contributed by atoms with Crippen molar-refractivity contribution in [2.75, 3.05) is 12.5 Å². The van der Waals surface area contributed by atoms with Crippen LogP contribution in [0.15, 0.2) is 36.5 Å². The normalized spacial score (nSPS) is 10.7. The standard InChI is InChI=1S/C13H16ClN5/c1-19(8-10-4-2-3-7-16-10)9-12-11(14)5-6-13(17-12)18-15/h2-7H,8-9,15H2,1H3,(H,17,18). The fourth-order valence-electron chi connectivity index (χ4n) is 1.76. The lowest BCUT2D eigenvalue weighted by Crippen LogP contribution is -2.19. The van der Waals surface area contributed by atoms with Gasteiger partial charge in [-0.05, 0) is 31.3 Å². The molecule has 0 fully saturated rings. The molecule has 2 rings (SSSR count). The van der Waals surface area contributed by atoms with Gasteiger partial charge in [0.25, 0.3) is 0 Å². The number of rotatable bonds is 5. The largest absolute Gasteiger partial charge is 0.308 e. The van der Waals surface area contributed by atoms with E-state index in [1.54, 1.807) is 18.3 Å². The first-order chi connectivity index (χ1) is 9.19. The summed E-state index contributed by atoms with van der Waals surface area (Å²) in [5.74, 6) is 5.95. The summed E-state index contributed by atoms with van der Waals surface area (Å²) >= 11 is 6.13. The molecule has 0 aliphatic rings. The molecule has 0 radical (unpaired) electrons. The number of halogens is 1. The first kappa shape index (κ1) is 13.7. The van der Waals surface area contributed by atoms with E-state index in [0.29, 0.717) is 17.4 Å². The molecule has 2 aromatic rings. The lowest BCUT2D eigenvalue weighted by molar-refractivity contribution is 0.311. The van der Waals surface area contributed by atoms with Gasteiger partial charge < -0.3 is 5.43 Å². The molecule has 0 atom stereocenters. The van der Waals surface area contributed by atoms with Gasteiger partial charge in [0.2, 0.25) is 0 Å². The van der Waals surface area contributed by atoms with Crippen molar-refractivity contribution in [3.63, 3.8) is 0 Å². The number of pyridine rings is 2. The van der Waals surface area contributed by atoms with Crippen molar-refractivity contribution in [2.24, 2.45) is 5.84 Å². The van der Waals surface area contributed by atoms with E-state index in [4.69, 9.17) is 17.4 Å². The van der Waals surface area contributed by atoms with Crippen LogP contribution in [0.3, 0.4) is 0 Å². The summed E-state index contributed by atoms with van der Waals surface area (Å²) < 4.78 is 0. The van der Waals surface area contributed by atoms with E-state index in [1.165, 1.54) is 0 Å². The monoisotopic (exact) mass is 277 g/mol. The van der Waals surface area contributed by atoms with Crippen LogP contribution >= 0.6 is 11.6 Å². The van der Waals surface area contributed by atoms with Gasteiger partial charge in [0, 0.05) is 19.3 Å². The maximum atomic E-state index is 6.13. The van der Waals surface area contributed by atoms with Gasteiger partial charge >= 0.3 is 0 Å². The zero-order chi connectivity index (χ0) is 13.7. The molecule has 0 amide bonds. The topological polar surface area (TPSA) is 67.1 Å². The Balaban J connectivity index is 2.04. The van der Waals surface area contributed by atoms with E-state index < -0.39 is 0 Å². The molecule has 3 N–H and O–H groups in total. The predicted molar refractivity (Wildman–Crippen MR) is 76.5 cm³/mol. The Labute approximate surface area is 117 Å². The highest BCUT2D eigenvalue weighted by atomic mass is 35.5. The zero-order valence-corrected chi connectivity index (χ0v) is 11.4. The third-order valence-electron chi connectivity index (χ3n) is 2.64. The van der Waals surface area contributed by atoms with Crippen LogP contribution in [0.4, 0.5) is 5.82 Å². The van der Waals surface area contributed by atoms with Crippen LogP contribution in [-0.4, -0.2) is 21.9 Å². The summed E-state index contributed by atoms with van der Waals surface area (Å²) in [4.78, 5) is 10.7. The fraction of sp³-hybridized carbons (Fsp3) is 0.231. The summed E-state index contributed by atoms with van der Waals surface area (Å²) in [6, 6.07) is 9.39. The van der Waals surface area contributed by atoms with Crippen molar-refractivity contribution in [1.82, 2.24) is 14.9 Å². The molecule has 2 aromatic heterocycles. The number of nitrogen functional groups attached to an aromatic ring is 1. The quantitative estimate of drug-likeness (QED) is 0.647. The maximum Gasteiger partial charge on any atom is 0.140 e. The molecule has 0 saturated heterocycles. The first-order valence-corrected chi connectivity index (χ1v) is 6.27. The fourth-order valence-corrected chi connectivity index (χ4v) is 1.92. The Morgan fingerprint density at radius 2 is 2.11 bits per heavy atom. The van der Waals surface area contributed by atoms with Crippen molar-refractivity contribution in [2.45, 2.75) is 13.1 Å². The molecule has 0 saturated carbocycles. The van der Waals surface area contributed by atoms with Crippen molar-refractivity contribution in [3.8, 4) is 0 Å². The Hall–Kier alpha value is -1.69. The van der Waals surface area contributed by atoms with Crippen molar-refractivity contribution >= 4 is 17.4 Å². The van der Waals surface area contributed by atoms with Crippen LogP contribution in [0.1, 0.15) is 11.4 Å². The average Bonchev–Trinajstić information content (AvgIpc) is 2.42. The van der Waals surface area contributed by atoms with Crippen LogP contribution in [0, 0.1) is 0 Å². The van der Waals surface area contributed by atoms with E-state index >= 15 is 0 Å². The second-order valence-corrected chi connectivity index (χ2v) is 4.67. The van der Waals surface area contributed by atoms with Gasteiger partial charge in [0.15, 0.2) is 0 Å². The number of nitrogens with one attached hydrogen (secondary N) is 1. The molecule has 0 aliphatic heterocycles. The summed E-state index contributed by atoms with van der Waals surface area (Å²) in [6.45, 7) is 1.37. The van der Waals surface area contributed by atoms with Crippen LogP contribution in [0.25, 0.3) is 0 Å².